The van der Waals surface area contributed by atoms with Crippen LogP contribution < -0.4 is 9.47 Å². The van der Waals surface area contributed by atoms with E-state index in [-0.39, 0.29) is 0 Å². The maximum atomic E-state index is 8.82. The first-order valence-corrected chi connectivity index (χ1v) is 7.94. The first-order chi connectivity index (χ1) is 10.6. The van der Waals surface area contributed by atoms with Crippen LogP contribution in [0.15, 0.2) is 46.9 Å². The number of benzene rings is 2. The molecule has 0 spiro atoms. The van der Waals surface area contributed by atoms with Gasteiger partial charge in [0.2, 0.25) is 0 Å². The van der Waals surface area contributed by atoms with Crippen molar-refractivity contribution in [2.45, 2.75) is 19.8 Å². The number of rotatable bonds is 6. The van der Waals surface area contributed by atoms with E-state index in [0.717, 1.165) is 10.2 Å². The monoisotopic (exact) mass is 359 g/mol. The zero-order valence-electron chi connectivity index (χ0n) is 12.7. The molecule has 0 atom stereocenters. The maximum absolute atomic E-state index is 8.82. The molecule has 0 saturated carbocycles. The Morgan fingerprint density at radius 1 is 1.05 bits per heavy atom. The van der Waals surface area contributed by atoms with Crippen molar-refractivity contribution in [3.63, 3.8) is 0 Å². The van der Waals surface area contributed by atoms with Gasteiger partial charge >= 0.3 is 0 Å². The Hall–Kier alpha value is -1.99. The van der Waals surface area contributed by atoms with Gasteiger partial charge in [-0.2, -0.15) is 5.26 Å². The van der Waals surface area contributed by atoms with E-state index in [2.05, 4.69) is 48.0 Å². The molecule has 2 aromatic rings. The summed E-state index contributed by atoms with van der Waals surface area (Å²) in [5.41, 5.74) is 1.89. The highest BCUT2D eigenvalue weighted by molar-refractivity contribution is 9.10. The molecule has 0 aromatic heterocycles. The summed E-state index contributed by atoms with van der Waals surface area (Å²) in [6, 6.07) is 15.4. The average molecular weight is 360 g/mol. The van der Waals surface area contributed by atoms with Gasteiger partial charge in [-0.05, 0) is 57.7 Å². The minimum Gasteiger partial charge on any atom is -0.490 e. The van der Waals surface area contributed by atoms with E-state index >= 15 is 0 Å². The van der Waals surface area contributed by atoms with Gasteiger partial charge in [0, 0.05) is 0 Å². The van der Waals surface area contributed by atoms with Crippen molar-refractivity contribution < 1.29 is 9.47 Å². The molecule has 0 aliphatic rings. The minimum absolute atomic E-state index is 0.441. The number of hydrogen-bond donors (Lipinski definition) is 0. The quantitative estimate of drug-likeness (QED) is 0.688. The van der Waals surface area contributed by atoms with Crippen LogP contribution in [-0.4, -0.2) is 13.2 Å². The van der Waals surface area contributed by atoms with Crippen LogP contribution in [-0.2, 0) is 0 Å². The summed E-state index contributed by atoms with van der Waals surface area (Å²) in [7, 11) is 0. The third-order valence-corrected chi connectivity index (χ3v) is 3.84. The molecule has 0 fully saturated rings. The molecule has 4 heteroatoms. The van der Waals surface area contributed by atoms with E-state index in [9.17, 15) is 0 Å². The van der Waals surface area contributed by atoms with Crippen LogP contribution in [0.2, 0.25) is 0 Å². The van der Waals surface area contributed by atoms with E-state index in [0.29, 0.717) is 30.4 Å². The number of ether oxygens (including phenoxy) is 2. The summed E-state index contributed by atoms with van der Waals surface area (Å²) in [6.07, 6.45) is 0. The molecule has 0 heterocycles. The molecule has 22 heavy (non-hydrogen) atoms. The third-order valence-electron chi connectivity index (χ3n) is 3.22. The lowest BCUT2D eigenvalue weighted by Crippen LogP contribution is -2.09. The predicted molar refractivity (Wildman–Crippen MR) is 90.4 cm³/mol. The molecule has 114 valence electrons. The number of nitrogens with zero attached hydrogens (tertiary/aromatic N) is 1. The molecule has 0 bridgehead atoms. The van der Waals surface area contributed by atoms with Crippen molar-refractivity contribution in [3.05, 3.63) is 58.1 Å². The standard InChI is InChI=1S/C18H18BrNO2/c1-13(2)15-4-6-16(7-5-15)21-9-10-22-18-8-3-14(12-20)11-17(18)19/h3-8,11,13H,9-10H2,1-2H3. The fourth-order valence-corrected chi connectivity index (χ4v) is 2.44. The molecule has 2 aromatic carbocycles. The van der Waals surface area contributed by atoms with E-state index in [4.69, 9.17) is 14.7 Å². The number of halogens is 1. The fourth-order valence-electron chi connectivity index (χ4n) is 1.95. The molecule has 0 amide bonds. The topological polar surface area (TPSA) is 42.2 Å². The number of nitriles is 1. The molecular weight excluding hydrogens is 342 g/mol. The van der Waals surface area contributed by atoms with Gasteiger partial charge in [-0.25, -0.2) is 0 Å². The lowest BCUT2D eigenvalue weighted by molar-refractivity contribution is 0.216. The van der Waals surface area contributed by atoms with Gasteiger partial charge in [-0.15, -0.1) is 0 Å². The first kappa shape index (κ1) is 16.4. The Kier molecular flexibility index (Phi) is 5.85. The molecule has 2 rings (SSSR count). The van der Waals surface area contributed by atoms with Crippen molar-refractivity contribution in [2.24, 2.45) is 0 Å². The van der Waals surface area contributed by atoms with Crippen molar-refractivity contribution in [2.75, 3.05) is 13.2 Å². The van der Waals surface area contributed by atoms with Crippen molar-refractivity contribution >= 4 is 15.9 Å². The normalized spacial score (nSPS) is 10.3. The van der Waals surface area contributed by atoms with Gasteiger partial charge in [0.05, 0.1) is 16.1 Å². The van der Waals surface area contributed by atoms with Gasteiger partial charge in [-0.3, -0.25) is 0 Å². The van der Waals surface area contributed by atoms with Gasteiger partial charge < -0.3 is 9.47 Å². The molecule has 0 N–H and O–H groups in total. The maximum Gasteiger partial charge on any atom is 0.133 e. The summed E-state index contributed by atoms with van der Waals surface area (Å²) < 4.78 is 12.1. The Balaban J connectivity index is 1.81. The van der Waals surface area contributed by atoms with Crippen LogP contribution in [0.5, 0.6) is 11.5 Å². The van der Waals surface area contributed by atoms with Gasteiger partial charge in [-0.1, -0.05) is 26.0 Å². The first-order valence-electron chi connectivity index (χ1n) is 7.15. The van der Waals surface area contributed by atoms with E-state index < -0.39 is 0 Å². The van der Waals surface area contributed by atoms with Gasteiger partial charge in [0.15, 0.2) is 0 Å². The molecule has 0 unspecified atom stereocenters. The smallest absolute Gasteiger partial charge is 0.133 e. The second-order valence-electron chi connectivity index (χ2n) is 5.18. The number of hydrogen-bond acceptors (Lipinski definition) is 3. The van der Waals surface area contributed by atoms with Crippen molar-refractivity contribution in [1.29, 1.82) is 5.26 Å². The summed E-state index contributed by atoms with van der Waals surface area (Å²) in [5, 5.41) is 8.82. The van der Waals surface area contributed by atoms with E-state index in [1.54, 1.807) is 18.2 Å². The van der Waals surface area contributed by atoms with Crippen LogP contribution in [0.3, 0.4) is 0 Å². The molecule has 0 aliphatic carbocycles. The second-order valence-corrected chi connectivity index (χ2v) is 6.03. The van der Waals surface area contributed by atoms with E-state index in [1.807, 2.05) is 12.1 Å². The van der Waals surface area contributed by atoms with Crippen LogP contribution in [0, 0.1) is 11.3 Å². The molecule has 0 aliphatic heterocycles. The molecule has 0 saturated heterocycles. The summed E-state index contributed by atoms with van der Waals surface area (Å²) in [4.78, 5) is 0. The average Bonchev–Trinajstić information content (AvgIpc) is 2.53. The second kappa shape index (κ2) is 7.86. The van der Waals surface area contributed by atoms with Crippen LogP contribution in [0.25, 0.3) is 0 Å². The van der Waals surface area contributed by atoms with Crippen molar-refractivity contribution in [1.82, 2.24) is 0 Å². The Morgan fingerprint density at radius 3 is 2.32 bits per heavy atom. The molecule has 0 radical (unpaired) electrons. The highest BCUT2D eigenvalue weighted by Crippen LogP contribution is 2.25. The predicted octanol–water partition coefficient (Wildman–Crippen LogP) is 4.90. The van der Waals surface area contributed by atoms with Crippen LogP contribution in [0.4, 0.5) is 0 Å². The highest BCUT2D eigenvalue weighted by Gasteiger charge is 2.03. The summed E-state index contributed by atoms with van der Waals surface area (Å²) in [5.74, 6) is 2.07. The fraction of sp³-hybridized carbons (Fsp3) is 0.278. The Labute approximate surface area is 139 Å². The minimum atomic E-state index is 0.441. The zero-order chi connectivity index (χ0) is 15.9. The zero-order valence-corrected chi connectivity index (χ0v) is 14.3. The van der Waals surface area contributed by atoms with Crippen molar-refractivity contribution in [3.8, 4) is 17.6 Å². The Morgan fingerprint density at radius 2 is 1.73 bits per heavy atom. The van der Waals surface area contributed by atoms with Gasteiger partial charge in [0.25, 0.3) is 0 Å². The lowest BCUT2D eigenvalue weighted by atomic mass is 10.0. The SMILES string of the molecule is CC(C)c1ccc(OCCOc2ccc(C#N)cc2Br)cc1. The summed E-state index contributed by atoms with van der Waals surface area (Å²) >= 11 is 3.39. The largest absolute Gasteiger partial charge is 0.490 e. The van der Waals surface area contributed by atoms with Gasteiger partial charge in [0.1, 0.15) is 24.7 Å². The molecule has 3 nitrogen and oxygen atoms in total. The van der Waals surface area contributed by atoms with Crippen LogP contribution in [0.1, 0.15) is 30.9 Å². The summed E-state index contributed by atoms with van der Waals surface area (Å²) in [6.45, 7) is 5.24. The van der Waals surface area contributed by atoms with E-state index in [1.165, 1.54) is 5.56 Å². The lowest BCUT2D eigenvalue weighted by Gasteiger charge is -2.11. The molecular formula is C18H18BrNO2. The highest BCUT2D eigenvalue weighted by atomic mass is 79.9. The Bertz CT molecular complexity index is 660. The third kappa shape index (κ3) is 4.51. The van der Waals surface area contributed by atoms with Crippen LogP contribution >= 0.6 is 15.9 Å².